The Bertz CT molecular complexity index is 618. The first-order valence-corrected chi connectivity index (χ1v) is 6.01. The number of rotatable bonds is 2. The number of fused-ring (bicyclic) bond motifs is 1. The fraction of sp³-hybridized carbons (Fsp3) is 0.250. The Balaban J connectivity index is 2.44. The van der Waals surface area contributed by atoms with Crippen LogP contribution in [0.3, 0.4) is 0 Å². The molecule has 0 spiro atoms. The Hall–Kier alpha value is -1.60. The maximum atomic E-state index is 12.5. The van der Waals surface area contributed by atoms with E-state index < -0.39 is 23.8 Å². The maximum absolute atomic E-state index is 12.5. The van der Waals surface area contributed by atoms with Crippen molar-refractivity contribution in [1.29, 1.82) is 0 Å². The average molecular weight is 290 g/mol. The minimum absolute atomic E-state index is 0.251. The Morgan fingerprint density at radius 1 is 1.37 bits per heavy atom. The second-order valence-electron chi connectivity index (χ2n) is 3.82. The number of benzene rings is 1. The van der Waals surface area contributed by atoms with Gasteiger partial charge in [0, 0.05) is 9.58 Å². The van der Waals surface area contributed by atoms with Crippen LogP contribution >= 0.6 is 11.3 Å². The minimum atomic E-state index is -4.42. The number of hydrogen-bond acceptors (Lipinski definition) is 4. The van der Waals surface area contributed by atoms with Gasteiger partial charge in [-0.05, 0) is 29.7 Å². The van der Waals surface area contributed by atoms with Crippen molar-refractivity contribution in [3.8, 4) is 0 Å². The molecule has 1 aromatic carbocycles. The van der Waals surface area contributed by atoms with Gasteiger partial charge in [0.25, 0.3) is 0 Å². The lowest BCUT2D eigenvalue weighted by molar-refractivity contribution is -0.150. The summed E-state index contributed by atoms with van der Waals surface area (Å²) in [6, 6.07) is 4.62. The molecular weight excluding hydrogens is 281 g/mol. The number of carbonyl (C=O) groups is 1. The van der Waals surface area contributed by atoms with Crippen LogP contribution < -0.4 is 0 Å². The van der Waals surface area contributed by atoms with Gasteiger partial charge in [-0.25, -0.2) is 4.79 Å². The zero-order valence-electron chi connectivity index (χ0n) is 9.69. The van der Waals surface area contributed by atoms with Crippen LogP contribution in [0.25, 0.3) is 10.1 Å². The third-order valence-electron chi connectivity index (χ3n) is 2.56. The van der Waals surface area contributed by atoms with Gasteiger partial charge in [0.2, 0.25) is 0 Å². The second-order valence-corrected chi connectivity index (χ2v) is 4.94. The fourth-order valence-electron chi connectivity index (χ4n) is 1.60. The van der Waals surface area contributed by atoms with E-state index in [2.05, 4.69) is 4.74 Å². The first-order chi connectivity index (χ1) is 8.82. The molecule has 1 heterocycles. The number of aliphatic hydroxyl groups excluding tert-OH is 1. The van der Waals surface area contributed by atoms with Gasteiger partial charge in [0.15, 0.2) is 6.10 Å². The smallest absolute Gasteiger partial charge is 0.416 e. The summed E-state index contributed by atoms with van der Waals surface area (Å²) in [6.45, 7) is 0. The van der Waals surface area contributed by atoms with Crippen molar-refractivity contribution in [3.63, 3.8) is 0 Å². The summed E-state index contributed by atoms with van der Waals surface area (Å²) in [5, 5.41) is 9.96. The van der Waals surface area contributed by atoms with Crippen molar-refractivity contribution in [2.24, 2.45) is 0 Å². The second kappa shape index (κ2) is 4.82. The normalized spacial score (nSPS) is 13.5. The number of thiophene rings is 1. The topological polar surface area (TPSA) is 46.5 Å². The summed E-state index contributed by atoms with van der Waals surface area (Å²) < 4.78 is 42.6. The van der Waals surface area contributed by atoms with Crippen molar-refractivity contribution >= 4 is 27.4 Å². The summed E-state index contributed by atoms with van der Waals surface area (Å²) >= 11 is 1.05. The number of carbonyl (C=O) groups excluding carboxylic acids is 1. The molecular formula is C12H9F3O3S. The molecule has 2 rings (SSSR count). The standard InChI is InChI=1S/C12H9F3O3S/c1-18-11(17)10(16)9-5-6-4-7(12(13,14)15)2-3-8(6)19-9/h2-5,10,16H,1H3. The lowest BCUT2D eigenvalue weighted by Gasteiger charge is -2.05. The van der Waals surface area contributed by atoms with E-state index in [1.807, 2.05) is 0 Å². The first-order valence-electron chi connectivity index (χ1n) is 5.19. The van der Waals surface area contributed by atoms with Crippen molar-refractivity contribution in [1.82, 2.24) is 0 Å². The summed E-state index contributed by atoms with van der Waals surface area (Å²) in [4.78, 5) is 11.4. The van der Waals surface area contributed by atoms with Gasteiger partial charge >= 0.3 is 12.1 Å². The molecule has 1 unspecified atom stereocenters. The highest BCUT2D eigenvalue weighted by atomic mass is 32.1. The molecule has 1 aromatic heterocycles. The first kappa shape index (κ1) is 13.8. The van der Waals surface area contributed by atoms with Gasteiger partial charge in [-0.1, -0.05) is 0 Å². The van der Waals surface area contributed by atoms with E-state index in [-0.39, 0.29) is 4.88 Å². The molecule has 7 heteroatoms. The third kappa shape index (κ3) is 2.71. The van der Waals surface area contributed by atoms with Crippen LogP contribution in [0.2, 0.25) is 0 Å². The molecule has 19 heavy (non-hydrogen) atoms. The van der Waals surface area contributed by atoms with Crippen LogP contribution in [0.4, 0.5) is 13.2 Å². The van der Waals surface area contributed by atoms with Crippen molar-refractivity contribution < 1.29 is 27.8 Å². The van der Waals surface area contributed by atoms with E-state index in [9.17, 15) is 23.1 Å². The van der Waals surface area contributed by atoms with Gasteiger partial charge in [-0.15, -0.1) is 11.3 Å². The van der Waals surface area contributed by atoms with Gasteiger partial charge < -0.3 is 9.84 Å². The molecule has 0 amide bonds. The third-order valence-corrected chi connectivity index (χ3v) is 3.73. The molecule has 0 aliphatic heterocycles. The Morgan fingerprint density at radius 3 is 2.63 bits per heavy atom. The van der Waals surface area contributed by atoms with Crippen molar-refractivity contribution in [2.45, 2.75) is 12.3 Å². The van der Waals surface area contributed by atoms with Crippen LogP contribution in [-0.2, 0) is 15.7 Å². The van der Waals surface area contributed by atoms with E-state index in [4.69, 9.17) is 0 Å². The molecule has 0 aliphatic rings. The molecule has 1 N–H and O–H groups in total. The van der Waals surface area contributed by atoms with E-state index in [1.165, 1.54) is 12.1 Å². The number of ether oxygens (including phenoxy) is 1. The van der Waals surface area contributed by atoms with Crippen LogP contribution in [0.5, 0.6) is 0 Å². The Labute approximate surface area is 110 Å². The highest BCUT2D eigenvalue weighted by Gasteiger charge is 2.31. The average Bonchev–Trinajstić information content (AvgIpc) is 2.78. The molecule has 102 valence electrons. The van der Waals surface area contributed by atoms with E-state index in [1.54, 1.807) is 0 Å². The molecule has 0 saturated carbocycles. The number of hydrogen-bond donors (Lipinski definition) is 1. The van der Waals surface area contributed by atoms with Crippen LogP contribution in [0.15, 0.2) is 24.3 Å². The van der Waals surface area contributed by atoms with Gasteiger partial charge in [-0.3, -0.25) is 0 Å². The summed E-state index contributed by atoms with van der Waals surface area (Å²) in [7, 11) is 1.13. The number of halogens is 3. The molecule has 0 fully saturated rings. The number of alkyl halides is 3. The number of esters is 1. The SMILES string of the molecule is COC(=O)C(O)c1cc2cc(C(F)(F)F)ccc2s1. The highest BCUT2D eigenvalue weighted by molar-refractivity contribution is 7.19. The Kier molecular flexibility index (Phi) is 3.51. The van der Waals surface area contributed by atoms with Crippen LogP contribution in [0.1, 0.15) is 16.5 Å². The zero-order valence-corrected chi connectivity index (χ0v) is 10.5. The van der Waals surface area contributed by atoms with Gasteiger partial charge in [-0.2, -0.15) is 13.2 Å². The predicted molar refractivity (Wildman–Crippen MR) is 63.8 cm³/mol. The van der Waals surface area contributed by atoms with Gasteiger partial charge in [0.05, 0.1) is 12.7 Å². The molecule has 0 radical (unpaired) electrons. The zero-order chi connectivity index (χ0) is 14.2. The molecule has 3 nitrogen and oxygen atoms in total. The Morgan fingerprint density at radius 2 is 2.05 bits per heavy atom. The lowest BCUT2D eigenvalue weighted by Crippen LogP contribution is -2.11. The molecule has 0 aliphatic carbocycles. The maximum Gasteiger partial charge on any atom is 0.416 e. The number of methoxy groups -OCH3 is 1. The molecule has 2 aromatic rings. The predicted octanol–water partition coefficient (Wildman–Crippen LogP) is 3.13. The summed E-state index contributed by atoms with van der Waals surface area (Å²) in [5.74, 6) is -0.845. The molecule has 0 saturated heterocycles. The van der Waals surface area contributed by atoms with Crippen molar-refractivity contribution in [3.05, 3.63) is 34.7 Å². The monoisotopic (exact) mass is 290 g/mol. The fourth-order valence-corrected chi connectivity index (χ4v) is 2.62. The lowest BCUT2D eigenvalue weighted by atomic mass is 10.1. The van der Waals surface area contributed by atoms with Gasteiger partial charge in [0.1, 0.15) is 0 Å². The highest BCUT2D eigenvalue weighted by Crippen LogP contribution is 2.35. The van der Waals surface area contributed by atoms with Crippen LogP contribution in [-0.4, -0.2) is 18.2 Å². The summed E-state index contributed by atoms with van der Waals surface area (Å²) in [5.41, 5.74) is -0.767. The van der Waals surface area contributed by atoms with E-state index in [0.717, 1.165) is 30.6 Å². The molecule has 0 bridgehead atoms. The largest absolute Gasteiger partial charge is 0.467 e. The quantitative estimate of drug-likeness (QED) is 0.864. The van der Waals surface area contributed by atoms with E-state index >= 15 is 0 Å². The molecule has 1 atom stereocenters. The van der Waals surface area contributed by atoms with Crippen molar-refractivity contribution in [2.75, 3.05) is 7.11 Å². The minimum Gasteiger partial charge on any atom is -0.467 e. The number of aliphatic hydroxyl groups is 1. The summed E-state index contributed by atoms with van der Waals surface area (Å²) in [6.07, 6.45) is -5.89. The van der Waals surface area contributed by atoms with Crippen LogP contribution in [0, 0.1) is 0 Å². The van der Waals surface area contributed by atoms with E-state index in [0.29, 0.717) is 10.1 Å².